The van der Waals surface area contributed by atoms with Crippen molar-refractivity contribution in [3.8, 4) is 11.1 Å². The largest absolute Gasteiger partial charge is 0.344 e. The van der Waals surface area contributed by atoms with Gasteiger partial charge in [0.15, 0.2) is 0 Å². The van der Waals surface area contributed by atoms with Gasteiger partial charge in [0.05, 0.1) is 6.85 Å². The fourth-order valence-electron chi connectivity index (χ4n) is 2.80. The van der Waals surface area contributed by atoms with Gasteiger partial charge in [-0.25, -0.2) is 0 Å². The van der Waals surface area contributed by atoms with Crippen molar-refractivity contribution < 1.29 is 6.85 Å². The maximum atomic E-state index is 8.28. The SMILES string of the molecule is [2H]c1c([2H])c([2H])c(-c2cccc3c2c2ccccc2n3C)c([2H])c1[2H]. The third-order valence-electron chi connectivity index (χ3n) is 3.71. The van der Waals surface area contributed by atoms with Gasteiger partial charge < -0.3 is 4.57 Å². The predicted molar refractivity (Wildman–Crippen MR) is 85.9 cm³/mol. The first-order valence-corrected chi connectivity index (χ1v) is 6.47. The summed E-state index contributed by atoms with van der Waals surface area (Å²) in [5, 5.41) is 1.90. The highest BCUT2D eigenvalue weighted by molar-refractivity contribution is 6.14. The van der Waals surface area contributed by atoms with Crippen LogP contribution in [0.1, 0.15) is 6.85 Å². The quantitative estimate of drug-likeness (QED) is 0.455. The van der Waals surface area contributed by atoms with Crippen LogP contribution >= 0.6 is 0 Å². The summed E-state index contributed by atoms with van der Waals surface area (Å²) in [4.78, 5) is 0. The molecule has 0 aliphatic carbocycles. The molecule has 4 aromatic rings. The summed E-state index contributed by atoms with van der Waals surface area (Å²) in [6.07, 6.45) is 0. The Morgan fingerprint density at radius 2 is 1.60 bits per heavy atom. The minimum absolute atomic E-state index is 0.175. The Morgan fingerprint density at radius 1 is 0.850 bits per heavy atom. The molecule has 0 amide bonds. The van der Waals surface area contributed by atoms with Crippen LogP contribution in [0.3, 0.4) is 0 Å². The molecule has 1 heteroatoms. The standard InChI is InChI=1S/C19H15N/c1-20-17-12-6-5-10-16(17)19-15(11-7-13-18(19)20)14-8-3-2-4-9-14/h2-13H,1H3/i2D,3D,4D,8D,9D. The number of aromatic nitrogens is 1. The molecule has 0 fully saturated rings. The number of aryl methyl sites for hydroxylation is 1. The molecule has 0 radical (unpaired) electrons. The minimum atomic E-state index is -0.371. The molecule has 0 aliphatic rings. The third-order valence-corrected chi connectivity index (χ3v) is 3.71. The fraction of sp³-hybridized carbons (Fsp3) is 0.0526. The number of rotatable bonds is 1. The lowest BCUT2D eigenvalue weighted by Gasteiger charge is -2.04. The highest BCUT2D eigenvalue weighted by atomic mass is 14.9. The highest BCUT2D eigenvalue weighted by Gasteiger charge is 2.11. The van der Waals surface area contributed by atoms with E-state index in [2.05, 4.69) is 4.57 Å². The van der Waals surface area contributed by atoms with Gasteiger partial charge in [-0.1, -0.05) is 60.5 Å². The van der Waals surface area contributed by atoms with Crippen LogP contribution in [0.25, 0.3) is 32.9 Å². The van der Waals surface area contributed by atoms with Crippen LogP contribution in [0.2, 0.25) is 0 Å². The molecule has 20 heavy (non-hydrogen) atoms. The van der Waals surface area contributed by atoms with Crippen molar-refractivity contribution in [2.45, 2.75) is 0 Å². The lowest BCUT2D eigenvalue weighted by Crippen LogP contribution is -1.86. The first kappa shape index (κ1) is 7.30. The van der Waals surface area contributed by atoms with Gasteiger partial charge in [0.2, 0.25) is 0 Å². The van der Waals surface area contributed by atoms with Crippen LogP contribution in [0.15, 0.2) is 72.7 Å². The summed E-state index contributed by atoms with van der Waals surface area (Å²) in [5.74, 6) is 0. The van der Waals surface area contributed by atoms with Crippen molar-refractivity contribution in [1.29, 1.82) is 0 Å². The maximum Gasteiger partial charge on any atom is 0.0629 e. The summed E-state index contributed by atoms with van der Waals surface area (Å²) in [6, 6.07) is 12.2. The van der Waals surface area contributed by atoms with E-state index in [4.69, 9.17) is 6.85 Å². The summed E-state index contributed by atoms with van der Waals surface area (Å²) in [5.41, 5.74) is 2.90. The molecule has 4 rings (SSSR count). The van der Waals surface area contributed by atoms with Gasteiger partial charge in [-0.2, -0.15) is 0 Å². The summed E-state index contributed by atoms with van der Waals surface area (Å²) in [6.45, 7) is 0. The zero-order valence-corrected chi connectivity index (χ0v) is 11.0. The van der Waals surface area contributed by atoms with Crippen LogP contribution in [0.5, 0.6) is 0 Å². The van der Waals surface area contributed by atoms with Gasteiger partial charge in [0, 0.05) is 28.9 Å². The molecule has 0 saturated carbocycles. The van der Waals surface area contributed by atoms with E-state index in [1.807, 2.05) is 49.5 Å². The molecule has 0 saturated heterocycles. The second-order valence-corrected chi connectivity index (χ2v) is 4.78. The Morgan fingerprint density at radius 3 is 2.45 bits per heavy atom. The Kier molecular flexibility index (Phi) is 1.55. The molecule has 0 unspecified atom stereocenters. The number of hydrogen-bond donors (Lipinski definition) is 0. The van der Waals surface area contributed by atoms with Crippen LogP contribution in [0.4, 0.5) is 0 Å². The lowest BCUT2D eigenvalue weighted by atomic mass is 10.00. The van der Waals surface area contributed by atoms with Gasteiger partial charge in [0.25, 0.3) is 0 Å². The number of fused-ring (bicyclic) bond motifs is 3. The predicted octanol–water partition coefficient (Wildman–Crippen LogP) is 5.00. The van der Waals surface area contributed by atoms with Crippen molar-refractivity contribution in [3.05, 3.63) is 72.7 Å². The Labute approximate surface area is 125 Å². The van der Waals surface area contributed by atoms with Gasteiger partial charge >= 0.3 is 0 Å². The van der Waals surface area contributed by atoms with Crippen molar-refractivity contribution in [2.24, 2.45) is 7.05 Å². The van der Waals surface area contributed by atoms with E-state index in [0.717, 1.165) is 21.8 Å². The van der Waals surface area contributed by atoms with Gasteiger partial charge in [0.1, 0.15) is 0 Å². The van der Waals surface area contributed by atoms with Gasteiger partial charge in [-0.3, -0.25) is 0 Å². The maximum absolute atomic E-state index is 8.28. The number of nitrogens with zero attached hydrogens (tertiary/aromatic N) is 1. The molecule has 0 aliphatic heterocycles. The summed E-state index contributed by atoms with van der Waals surface area (Å²) < 4.78 is 42.3. The van der Waals surface area contributed by atoms with E-state index in [1.54, 1.807) is 0 Å². The van der Waals surface area contributed by atoms with Crippen LogP contribution < -0.4 is 0 Å². The van der Waals surface area contributed by atoms with Crippen LogP contribution in [-0.4, -0.2) is 4.57 Å². The van der Waals surface area contributed by atoms with Crippen LogP contribution in [-0.2, 0) is 7.05 Å². The Balaban J connectivity index is 2.23. The molecule has 0 N–H and O–H groups in total. The topological polar surface area (TPSA) is 4.93 Å². The number of hydrogen-bond acceptors (Lipinski definition) is 0. The molecule has 1 aromatic heterocycles. The first-order chi connectivity index (χ1) is 11.9. The summed E-state index contributed by atoms with van der Waals surface area (Å²) >= 11 is 0. The van der Waals surface area contributed by atoms with Gasteiger partial charge in [-0.05, 0) is 23.3 Å². The van der Waals surface area contributed by atoms with Crippen molar-refractivity contribution in [1.82, 2.24) is 4.57 Å². The molecule has 0 bridgehead atoms. The van der Waals surface area contributed by atoms with Gasteiger partial charge in [-0.15, -0.1) is 0 Å². The van der Waals surface area contributed by atoms with E-state index in [1.165, 1.54) is 0 Å². The van der Waals surface area contributed by atoms with E-state index in [0.29, 0.717) is 5.56 Å². The molecular weight excluding hydrogens is 242 g/mol. The second-order valence-electron chi connectivity index (χ2n) is 4.78. The van der Waals surface area contributed by atoms with E-state index >= 15 is 0 Å². The minimum Gasteiger partial charge on any atom is -0.344 e. The average molecular weight is 262 g/mol. The molecule has 0 spiro atoms. The van der Waals surface area contributed by atoms with Crippen LogP contribution in [0, 0.1) is 0 Å². The molecule has 3 aromatic carbocycles. The van der Waals surface area contributed by atoms with E-state index in [-0.39, 0.29) is 35.8 Å². The van der Waals surface area contributed by atoms with E-state index in [9.17, 15) is 0 Å². The molecule has 0 atom stereocenters. The highest BCUT2D eigenvalue weighted by Crippen LogP contribution is 2.35. The fourth-order valence-corrected chi connectivity index (χ4v) is 2.80. The molecule has 1 nitrogen and oxygen atoms in total. The third kappa shape index (κ3) is 1.50. The molecule has 96 valence electrons. The summed E-state index contributed by atoms with van der Waals surface area (Å²) in [7, 11) is 1.97. The Hall–Kier alpha value is -2.54. The first-order valence-electron chi connectivity index (χ1n) is 8.97. The van der Waals surface area contributed by atoms with E-state index < -0.39 is 0 Å². The monoisotopic (exact) mass is 262 g/mol. The molecular formula is C19H15N. The molecule has 1 heterocycles. The average Bonchev–Trinajstić information content (AvgIpc) is 2.92. The van der Waals surface area contributed by atoms with Crippen molar-refractivity contribution >= 4 is 21.8 Å². The zero-order chi connectivity index (χ0) is 17.9. The zero-order valence-electron chi connectivity index (χ0n) is 16.0. The van der Waals surface area contributed by atoms with Crippen molar-refractivity contribution in [3.63, 3.8) is 0 Å². The number of para-hydroxylation sites is 1. The Bertz CT molecular complexity index is 1130. The number of benzene rings is 3. The van der Waals surface area contributed by atoms with Crippen molar-refractivity contribution in [2.75, 3.05) is 0 Å². The smallest absolute Gasteiger partial charge is 0.0629 e. The lowest BCUT2D eigenvalue weighted by molar-refractivity contribution is 1.01. The second kappa shape index (κ2) is 4.24. The normalized spacial score (nSPS) is 14.8.